The fraction of sp³-hybridized carbons (Fsp3) is 0.615. The molecule has 1 aliphatic carbocycles. The summed E-state index contributed by atoms with van der Waals surface area (Å²) in [5.41, 5.74) is 1.13. The lowest BCUT2D eigenvalue weighted by Crippen LogP contribution is -2.40. The summed E-state index contributed by atoms with van der Waals surface area (Å²) >= 11 is 0. The van der Waals surface area contributed by atoms with E-state index in [0.29, 0.717) is 5.82 Å². The molecule has 0 fully saturated rings. The number of carbonyl (C=O) groups is 1. The molecule has 2 N–H and O–H groups in total. The average molecular weight is 249 g/mol. The van der Waals surface area contributed by atoms with Crippen molar-refractivity contribution in [1.29, 1.82) is 0 Å². The second-order valence-electron chi connectivity index (χ2n) is 5.26. The van der Waals surface area contributed by atoms with Gasteiger partial charge < -0.3 is 10.4 Å². The quantitative estimate of drug-likeness (QED) is 0.802. The molecule has 5 heteroatoms. The molecule has 1 heterocycles. The second kappa shape index (κ2) is 4.92. The van der Waals surface area contributed by atoms with Gasteiger partial charge in [-0.25, -0.2) is 14.8 Å². The lowest BCUT2D eigenvalue weighted by molar-refractivity contribution is -0.141. The van der Waals surface area contributed by atoms with E-state index < -0.39 is 11.5 Å². The lowest BCUT2D eigenvalue weighted by Gasteiger charge is -2.23. The van der Waals surface area contributed by atoms with Gasteiger partial charge in [-0.2, -0.15) is 0 Å². The monoisotopic (exact) mass is 249 g/mol. The van der Waals surface area contributed by atoms with Crippen LogP contribution in [0.3, 0.4) is 0 Å². The van der Waals surface area contributed by atoms with Crippen molar-refractivity contribution in [2.24, 2.45) is 0 Å². The van der Waals surface area contributed by atoms with E-state index in [2.05, 4.69) is 15.3 Å². The Bertz CT molecular complexity index is 458. The van der Waals surface area contributed by atoms with Crippen molar-refractivity contribution in [3.63, 3.8) is 0 Å². The number of aryl methyl sites for hydroxylation is 1. The zero-order valence-electron chi connectivity index (χ0n) is 10.9. The summed E-state index contributed by atoms with van der Waals surface area (Å²) in [5, 5.41) is 12.2. The Hall–Kier alpha value is -1.65. The largest absolute Gasteiger partial charge is 0.480 e. The summed E-state index contributed by atoms with van der Waals surface area (Å²) in [5.74, 6) is -0.210. The zero-order valence-corrected chi connectivity index (χ0v) is 10.9. The first-order chi connectivity index (χ1) is 8.50. The Labute approximate surface area is 107 Å². The molecule has 0 aromatic carbocycles. The number of aliphatic carboxylic acids is 1. The molecule has 0 bridgehead atoms. The smallest absolute Gasteiger partial charge is 0.328 e. The van der Waals surface area contributed by atoms with Crippen molar-refractivity contribution in [3.05, 3.63) is 17.6 Å². The minimum absolute atomic E-state index is 0.675. The highest BCUT2D eigenvalue weighted by atomic mass is 16.4. The summed E-state index contributed by atoms with van der Waals surface area (Å²) in [6.45, 7) is 3.28. The van der Waals surface area contributed by atoms with E-state index in [-0.39, 0.29) is 0 Å². The van der Waals surface area contributed by atoms with Gasteiger partial charge in [-0.05, 0) is 39.5 Å². The summed E-state index contributed by atoms with van der Waals surface area (Å²) in [4.78, 5) is 19.7. The minimum atomic E-state index is -1.02. The van der Waals surface area contributed by atoms with Gasteiger partial charge in [0.25, 0.3) is 0 Å². The first kappa shape index (κ1) is 12.8. The summed E-state index contributed by atoms with van der Waals surface area (Å²) in [6, 6.07) is 0. The number of aromatic nitrogens is 2. The number of nitrogens with zero attached hydrogens (tertiary/aromatic N) is 2. The first-order valence-electron chi connectivity index (χ1n) is 6.35. The predicted molar refractivity (Wildman–Crippen MR) is 68.6 cm³/mol. The zero-order chi connectivity index (χ0) is 13.2. The Morgan fingerprint density at radius 3 is 2.72 bits per heavy atom. The van der Waals surface area contributed by atoms with Gasteiger partial charge in [0, 0.05) is 11.3 Å². The number of hydrogen-bond donors (Lipinski definition) is 2. The van der Waals surface area contributed by atoms with Crippen molar-refractivity contribution in [2.45, 2.75) is 51.5 Å². The van der Waals surface area contributed by atoms with E-state index in [4.69, 9.17) is 5.11 Å². The third-order valence-electron chi connectivity index (χ3n) is 3.34. The van der Waals surface area contributed by atoms with Gasteiger partial charge in [-0.3, -0.25) is 0 Å². The highest BCUT2D eigenvalue weighted by Crippen LogP contribution is 2.25. The van der Waals surface area contributed by atoms with Crippen LogP contribution >= 0.6 is 0 Å². The third kappa shape index (κ3) is 2.60. The number of fused-ring (bicyclic) bond motifs is 1. The molecular weight excluding hydrogens is 230 g/mol. The van der Waals surface area contributed by atoms with Gasteiger partial charge in [0.2, 0.25) is 0 Å². The van der Waals surface area contributed by atoms with E-state index in [1.165, 1.54) is 12.7 Å². The van der Waals surface area contributed by atoms with Gasteiger partial charge in [0.1, 0.15) is 17.7 Å². The number of hydrogen-bond acceptors (Lipinski definition) is 4. The van der Waals surface area contributed by atoms with Gasteiger partial charge >= 0.3 is 5.97 Å². The standard InChI is InChI=1S/C13H19N3O2/c1-13(2,12(17)18)16-11-9-6-4-3-5-7-10(9)14-8-15-11/h8H,3-7H2,1-2H3,(H,17,18)(H,14,15,16). The van der Waals surface area contributed by atoms with E-state index in [9.17, 15) is 4.79 Å². The Morgan fingerprint density at radius 1 is 1.28 bits per heavy atom. The van der Waals surface area contributed by atoms with Crippen LogP contribution in [0.2, 0.25) is 0 Å². The van der Waals surface area contributed by atoms with Crippen LogP contribution in [0.5, 0.6) is 0 Å². The maximum absolute atomic E-state index is 11.2. The number of nitrogens with one attached hydrogen (secondary N) is 1. The molecule has 0 saturated heterocycles. The van der Waals surface area contributed by atoms with Crippen molar-refractivity contribution < 1.29 is 9.90 Å². The van der Waals surface area contributed by atoms with E-state index in [1.807, 2.05) is 0 Å². The maximum atomic E-state index is 11.2. The highest BCUT2D eigenvalue weighted by molar-refractivity contribution is 5.81. The average Bonchev–Trinajstić information content (AvgIpc) is 2.54. The number of carboxylic acid groups (broad SMARTS) is 1. The van der Waals surface area contributed by atoms with Crippen LogP contribution in [0, 0.1) is 0 Å². The summed E-state index contributed by atoms with van der Waals surface area (Å²) in [6.07, 6.45) is 6.85. The van der Waals surface area contributed by atoms with E-state index >= 15 is 0 Å². The third-order valence-corrected chi connectivity index (χ3v) is 3.34. The van der Waals surface area contributed by atoms with Crippen LogP contribution in [-0.2, 0) is 17.6 Å². The van der Waals surface area contributed by atoms with Crippen molar-refractivity contribution in [3.8, 4) is 0 Å². The molecule has 1 aliphatic rings. The van der Waals surface area contributed by atoms with E-state index in [0.717, 1.165) is 36.9 Å². The van der Waals surface area contributed by atoms with Crippen molar-refractivity contribution in [1.82, 2.24) is 9.97 Å². The SMILES string of the molecule is CC(C)(Nc1ncnc2c1CCCCC2)C(=O)O. The highest BCUT2D eigenvalue weighted by Gasteiger charge is 2.28. The predicted octanol–water partition coefficient (Wildman–Crippen LogP) is 2.02. The Morgan fingerprint density at radius 2 is 2.00 bits per heavy atom. The van der Waals surface area contributed by atoms with Crippen molar-refractivity contribution >= 4 is 11.8 Å². The number of rotatable bonds is 3. The fourth-order valence-electron chi connectivity index (χ4n) is 2.16. The van der Waals surface area contributed by atoms with Gasteiger partial charge in [0.05, 0.1) is 0 Å². The maximum Gasteiger partial charge on any atom is 0.328 e. The fourth-order valence-corrected chi connectivity index (χ4v) is 2.16. The van der Waals surface area contributed by atoms with Crippen LogP contribution in [-0.4, -0.2) is 26.6 Å². The second-order valence-corrected chi connectivity index (χ2v) is 5.26. The number of carboxylic acids is 1. The summed E-state index contributed by atoms with van der Waals surface area (Å²) < 4.78 is 0. The first-order valence-corrected chi connectivity index (χ1v) is 6.35. The molecule has 0 atom stereocenters. The molecule has 1 aromatic heterocycles. The molecule has 0 radical (unpaired) electrons. The summed E-state index contributed by atoms with van der Waals surface area (Å²) in [7, 11) is 0. The molecule has 1 aromatic rings. The van der Waals surface area contributed by atoms with Crippen LogP contribution in [0.15, 0.2) is 6.33 Å². The molecule has 0 spiro atoms. The molecule has 0 unspecified atom stereocenters. The molecule has 18 heavy (non-hydrogen) atoms. The lowest BCUT2D eigenvalue weighted by atomic mass is 10.0. The molecular formula is C13H19N3O2. The van der Waals surface area contributed by atoms with Crippen LogP contribution in [0.25, 0.3) is 0 Å². The van der Waals surface area contributed by atoms with Crippen LogP contribution in [0.4, 0.5) is 5.82 Å². The Kier molecular flexibility index (Phi) is 3.50. The molecule has 2 rings (SSSR count). The van der Waals surface area contributed by atoms with E-state index in [1.54, 1.807) is 13.8 Å². The van der Waals surface area contributed by atoms with Crippen LogP contribution < -0.4 is 5.32 Å². The molecule has 0 saturated carbocycles. The molecule has 0 amide bonds. The Balaban J connectivity index is 2.31. The van der Waals surface area contributed by atoms with Gasteiger partial charge in [-0.15, -0.1) is 0 Å². The van der Waals surface area contributed by atoms with Crippen molar-refractivity contribution in [2.75, 3.05) is 5.32 Å². The topological polar surface area (TPSA) is 75.1 Å². The van der Waals surface area contributed by atoms with Crippen LogP contribution in [0.1, 0.15) is 44.4 Å². The minimum Gasteiger partial charge on any atom is -0.480 e. The van der Waals surface area contributed by atoms with Gasteiger partial charge in [0.15, 0.2) is 0 Å². The molecule has 98 valence electrons. The normalized spacial score (nSPS) is 15.7. The van der Waals surface area contributed by atoms with Gasteiger partial charge in [-0.1, -0.05) is 6.42 Å². The molecule has 0 aliphatic heterocycles. The number of anilines is 1. The molecule has 5 nitrogen and oxygen atoms in total.